The van der Waals surface area contributed by atoms with E-state index in [9.17, 15) is 4.79 Å². The van der Waals surface area contributed by atoms with Crippen molar-refractivity contribution in [1.82, 2.24) is 4.90 Å². The summed E-state index contributed by atoms with van der Waals surface area (Å²) < 4.78 is 11.9. The third-order valence-electron chi connectivity index (χ3n) is 3.83. The maximum absolute atomic E-state index is 13.2. The van der Waals surface area contributed by atoms with Crippen molar-refractivity contribution in [3.8, 4) is 0 Å². The largest absolute Gasteiger partial charge is 0.462 e. The lowest BCUT2D eigenvalue weighted by Crippen LogP contribution is -2.43. The first-order valence-electron chi connectivity index (χ1n) is 8.57. The Labute approximate surface area is 150 Å². The van der Waals surface area contributed by atoms with E-state index in [1.165, 1.54) is 0 Å². The maximum Gasteiger partial charge on any atom is 0.347 e. The fraction of sp³-hybridized carbons (Fsp3) is 0.381. The molecule has 25 heavy (non-hydrogen) atoms. The quantitative estimate of drug-likeness (QED) is 0.689. The van der Waals surface area contributed by atoms with Gasteiger partial charge < -0.3 is 14.4 Å². The van der Waals surface area contributed by atoms with Gasteiger partial charge in [0, 0.05) is 6.54 Å². The lowest BCUT2D eigenvalue weighted by Gasteiger charge is -2.34. The van der Waals surface area contributed by atoms with Crippen LogP contribution in [0.25, 0.3) is 0 Å². The highest BCUT2D eigenvalue weighted by molar-refractivity contribution is 5.86. The highest BCUT2D eigenvalue weighted by atomic mass is 16.6. The smallest absolute Gasteiger partial charge is 0.347 e. The highest BCUT2D eigenvalue weighted by Gasteiger charge is 2.45. The summed E-state index contributed by atoms with van der Waals surface area (Å²) in [5, 5.41) is 0. The van der Waals surface area contributed by atoms with Crippen LogP contribution in [-0.2, 0) is 19.9 Å². The van der Waals surface area contributed by atoms with Gasteiger partial charge in [-0.3, -0.25) is 0 Å². The first kappa shape index (κ1) is 19.2. The topological polar surface area (TPSA) is 38.8 Å². The van der Waals surface area contributed by atoms with Gasteiger partial charge in [-0.2, -0.15) is 0 Å². The Balaban J connectivity index is 2.49. The van der Waals surface area contributed by atoms with E-state index in [0.29, 0.717) is 13.2 Å². The fourth-order valence-corrected chi connectivity index (χ4v) is 2.71. The summed E-state index contributed by atoms with van der Waals surface area (Å²) in [7, 11) is 3.89. The molecule has 0 N–H and O–H groups in total. The molecular weight excluding hydrogens is 314 g/mol. The molecule has 0 heterocycles. The monoisotopic (exact) mass is 341 g/mol. The molecule has 134 valence electrons. The number of carbonyl (C=O) groups excluding carboxylic acids is 1. The van der Waals surface area contributed by atoms with Gasteiger partial charge in [0.25, 0.3) is 0 Å². The molecule has 2 aromatic rings. The first-order valence-corrected chi connectivity index (χ1v) is 8.57. The molecule has 2 rings (SSSR count). The third-order valence-corrected chi connectivity index (χ3v) is 3.83. The minimum absolute atomic E-state index is 0.151. The summed E-state index contributed by atoms with van der Waals surface area (Å²) in [6.07, 6.45) is -0.151. The van der Waals surface area contributed by atoms with Gasteiger partial charge in [-0.25, -0.2) is 4.79 Å². The molecule has 0 radical (unpaired) electrons. The normalized spacial score (nSPS) is 11.8. The van der Waals surface area contributed by atoms with E-state index in [2.05, 4.69) is 0 Å². The minimum Gasteiger partial charge on any atom is -0.462 e. The second-order valence-corrected chi connectivity index (χ2v) is 6.52. The number of rotatable bonds is 8. The predicted octanol–water partition coefficient (Wildman–Crippen LogP) is 3.46. The van der Waals surface area contributed by atoms with Crippen LogP contribution in [0.1, 0.15) is 25.0 Å². The van der Waals surface area contributed by atoms with Gasteiger partial charge in [0.1, 0.15) is 6.61 Å². The second-order valence-electron chi connectivity index (χ2n) is 6.52. The van der Waals surface area contributed by atoms with Crippen molar-refractivity contribution in [3.05, 3.63) is 71.8 Å². The Morgan fingerprint density at radius 2 is 1.44 bits per heavy atom. The minimum atomic E-state index is -1.27. The molecule has 0 amide bonds. The highest BCUT2D eigenvalue weighted by Crippen LogP contribution is 2.36. The molecule has 0 saturated carbocycles. The van der Waals surface area contributed by atoms with Crippen molar-refractivity contribution in [1.29, 1.82) is 0 Å². The summed E-state index contributed by atoms with van der Waals surface area (Å²) in [5.74, 6) is -0.388. The zero-order valence-electron chi connectivity index (χ0n) is 15.4. The fourth-order valence-electron chi connectivity index (χ4n) is 2.71. The number of nitrogens with zero attached hydrogens (tertiary/aromatic N) is 1. The second kappa shape index (κ2) is 8.79. The Bertz CT molecular complexity index is 614. The predicted molar refractivity (Wildman–Crippen MR) is 99.4 cm³/mol. The van der Waals surface area contributed by atoms with Crippen LogP contribution >= 0.6 is 0 Å². The van der Waals surface area contributed by atoms with Crippen molar-refractivity contribution in [2.24, 2.45) is 0 Å². The van der Waals surface area contributed by atoms with Crippen LogP contribution in [0.3, 0.4) is 0 Å². The lowest BCUT2D eigenvalue weighted by atomic mass is 9.85. The number of likely N-dealkylation sites (N-methyl/N-ethyl adjacent to an activating group) is 1. The van der Waals surface area contributed by atoms with Gasteiger partial charge in [-0.05, 0) is 39.1 Å². The SMILES string of the molecule is CC(C)OC(C(=O)OCCN(C)C)(c1ccccc1)c1ccccc1. The molecule has 0 aromatic heterocycles. The van der Waals surface area contributed by atoms with Gasteiger partial charge >= 0.3 is 5.97 Å². The summed E-state index contributed by atoms with van der Waals surface area (Å²) in [6, 6.07) is 19.1. The number of carbonyl (C=O) groups is 1. The van der Waals surface area contributed by atoms with E-state index in [-0.39, 0.29) is 12.1 Å². The molecule has 0 aliphatic heterocycles. The number of esters is 1. The van der Waals surface area contributed by atoms with Gasteiger partial charge in [-0.1, -0.05) is 60.7 Å². The molecular formula is C21H27NO3. The van der Waals surface area contributed by atoms with Crippen molar-refractivity contribution >= 4 is 5.97 Å². The van der Waals surface area contributed by atoms with E-state index in [0.717, 1.165) is 11.1 Å². The van der Waals surface area contributed by atoms with Crippen LogP contribution in [0.15, 0.2) is 60.7 Å². The molecule has 0 saturated heterocycles. The van der Waals surface area contributed by atoms with E-state index in [1.807, 2.05) is 93.5 Å². The summed E-state index contributed by atoms with van der Waals surface area (Å²) >= 11 is 0. The number of benzene rings is 2. The molecule has 4 nitrogen and oxygen atoms in total. The van der Waals surface area contributed by atoms with Crippen molar-refractivity contribution in [2.45, 2.75) is 25.6 Å². The Morgan fingerprint density at radius 3 is 1.84 bits per heavy atom. The van der Waals surface area contributed by atoms with E-state index in [4.69, 9.17) is 9.47 Å². The number of hydrogen-bond donors (Lipinski definition) is 0. The van der Waals surface area contributed by atoms with Gasteiger partial charge in [0.15, 0.2) is 0 Å². The molecule has 0 aliphatic rings. The number of ether oxygens (including phenoxy) is 2. The molecule has 4 heteroatoms. The Morgan fingerprint density at radius 1 is 0.960 bits per heavy atom. The van der Waals surface area contributed by atoms with Crippen LogP contribution < -0.4 is 0 Å². The van der Waals surface area contributed by atoms with E-state index >= 15 is 0 Å². The summed E-state index contributed by atoms with van der Waals surface area (Å²) in [6.45, 7) is 4.82. The summed E-state index contributed by atoms with van der Waals surface area (Å²) in [4.78, 5) is 15.2. The molecule has 0 spiro atoms. The van der Waals surface area contributed by atoms with Crippen molar-refractivity contribution in [3.63, 3.8) is 0 Å². The Kier molecular flexibility index (Phi) is 6.73. The number of hydrogen-bond acceptors (Lipinski definition) is 4. The van der Waals surface area contributed by atoms with Crippen LogP contribution in [-0.4, -0.2) is 44.2 Å². The molecule has 0 bridgehead atoms. The van der Waals surface area contributed by atoms with E-state index in [1.54, 1.807) is 0 Å². The third kappa shape index (κ3) is 4.68. The van der Waals surface area contributed by atoms with Crippen LogP contribution in [0.2, 0.25) is 0 Å². The average Bonchev–Trinajstić information content (AvgIpc) is 2.60. The molecule has 0 aliphatic carbocycles. The molecule has 0 fully saturated rings. The standard InChI is InChI=1S/C21H27NO3/c1-17(2)25-21(18-11-7-5-8-12-18,19-13-9-6-10-14-19)20(23)24-16-15-22(3)4/h5-14,17H,15-16H2,1-4H3. The van der Waals surface area contributed by atoms with E-state index < -0.39 is 5.60 Å². The average molecular weight is 341 g/mol. The molecule has 0 atom stereocenters. The zero-order chi connectivity index (χ0) is 18.3. The maximum atomic E-state index is 13.2. The Hall–Kier alpha value is -2.17. The molecule has 0 unspecified atom stereocenters. The summed E-state index contributed by atoms with van der Waals surface area (Å²) in [5.41, 5.74) is 0.262. The first-order chi connectivity index (χ1) is 12.0. The van der Waals surface area contributed by atoms with Crippen LogP contribution in [0.4, 0.5) is 0 Å². The molecule has 2 aromatic carbocycles. The van der Waals surface area contributed by atoms with Crippen molar-refractivity contribution in [2.75, 3.05) is 27.2 Å². The zero-order valence-corrected chi connectivity index (χ0v) is 15.4. The van der Waals surface area contributed by atoms with Gasteiger partial charge in [0.05, 0.1) is 6.10 Å². The van der Waals surface area contributed by atoms with Crippen LogP contribution in [0.5, 0.6) is 0 Å². The lowest BCUT2D eigenvalue weighted by molar-refractivity contribution is -0.173. The van der Waals surface area contributed by atoms with Crippen molar-refractivity contribution < 1.29 is 14.3 Å². The van der Waals surface area contributed by atoms with Gasteiger partial charge in [-0.15, -0.1) is 0 Å². The van der Waals surface area contributed by atoms with Crippen LogP contribution in [0, 0.1) is 0 Å². The van der Waals surface area contributed by atoms with Gasteiger partial charge in [0.2, 0.25) is 5.60 Å².